The molecule has 19 heavy (non-hydrogen) atoms. The lowest BCUT2D eigenvalue weighted by molar-refractivity contribution is -0.140. The molecule has 0 spiro atoms. The van der Waals surface area contributed by atoms with Gasteiger partial charge < -0.3 is 10.4 Å². The summed E-state index contributed by atoms with van der Waals surface area (Å²) in [6.45, 7) is 1.27. The van der Waals surface area contributed by atoms with Crippen molar-refractivity contribution in [3.8, 4) is 0 Å². The minimum Gasteiger partial charge on any atom is -0.480 e. The van der Waals surface area contributed by atoms with E-state index in [0.717, 1.165) is 5.56 Å². The number of amides is 1. The molecule has 0 bridgehead atoms. The molecule has 104 valence electrons. The number of carbonyl (C=O) groups is 2. The van der Waals surface area contributed by atoms with Crippen LogP contribution in [0.2, 0.25) is 0 Å². The van der Waals surface area contributed by atoms with Gasteiger partial charge in [-0.05, 0) is 17.7 Å². The van der Waals surface area contributed by atoms with Gasteiger partial charge in [-0.3, -0.25) is 4.79 Å². The van der Waals surface area contributed by atoms with Crippen LogP contribution < -0.4 is 5.32 Å². The van der Waals surface area contributed by atoms with Crippen molar-refractivity contribution >= 4 is 39.6 Å². The average molecular weight is 350 g/mol. The van der Waals surface area contributed by atoms with Crippen LogP contribution in [0.5, 0.6) is 0 Å². The number of rotatable bonds is 6. The molecule has 1 unspecified atom stereocenters. The molecule has 0 aliphatic carbocycles. The van der Waals surface area contributed by atoms with Gasteiger partial charge >= 0.3 is 5.97 Å². The minimum atomic E-state index is -1.07. The second-order valence-corrected chi connectivity index (χ2v) is 5.73. The number of benzene rings is 1. The van der Waals surface area contributed by atoms with Crippen molar-refractivity contribution in [1.29, 1.82) is 0 Å². The van der Waals surface area contributed by atoms with E-state index in [1.54, 1.807) is 6.07 Å². The highest BCUT2D eigenvalue weighted by atomic mass is 79.9. The highest BCUT2D eigenvalue weighted by Gasteiger charge is 2.18. The number of carboxylic acids is 1. The van der Waals surface area contributed by atoms with Gasteiger partial charge in [0.2, 0.25) is 5.91 Å². The molecule has 0 aliphatic heterocycles. The van der Waals surface area contributed by atoms with Gasteiger partial charge in [0, 0.05) is 22.9 Å². The monoisotopic (exact) mass is 349 g/mol. The van der Waals surface area contributed by atoms with Gasteiger partial charge in [0.1, 0.15) is 11.9 Å². The molecule has 0 aromatic heterocycles. The van der Waals surface area contributed by atoms with Gasteiger partial charge in [0.25, 0.3) is 0 Å². The van der Waals surface area contributed by atoms with Crippen LogP contribution in [0.25, 0.3) is 0 Å². The fraction of sp³-hybridized carbons (Fsp3) is 0.333. The highest BCUT2D eigenvalue weighted by molar-refractivity contribution is 9.10. The molecule has 0 radical (unpaired) electrons. The summed E-state index contributed by atoms with van der Waals surface area (Å²) in [6.07, 6.45) is 0. The van der Waals surface area contributed by atoms with E-state index in [1.807, 2.05) is 0 Å². The summed E-state index contributed by atoms with van der Waals surface area (Å²) in [5.41, 5.74) is 0.873. The van der Waals surface area contributed by atoms with E-state index in [-0.39, 0.29) is 17.5 Å². The molecule has 0 fully saturated rings. The predicted molar refractivity (Wildman–Crippen MR) is 75.5 cm³/mol. The van der Waals surface area contributed by atoms with E-state index in [0.29, 0.717) is 10.2 Å². The van der Waals surface area contributed by atoms with Gasteiger partial charge in [0.15, 0.2) is 0 Å². The Bertz CT molecular complexity index is 484. The average Bonchev–Trinajstić information content (AvgIpc) is 2.29. The molecule has 0 saturated heterocycles. The lowest BCUT2D eigenvalue weighted by Gasteiger charge is -2.13. The van der Waals surface area contributed by atoms with Crippen LogP contribution >= 0.6 is 27.7 Å². The molecule has 7 heteroatoms. The maximum Gasteiger partial charge on any atom is 0.327 e. The lowest BCUT2D eigenvalue weighted by Crippen LogP contribution is -2.41. The van der Waals surface area contributed by atoms with E-state index >= 15 is 0 Å². The number of hydrogen-bond donors (Lipinski definition) is 2. The number of nitrogens with one attached hydrogen (secondary N) is 1. The fourth-order valence-corrected chi connectivity index (χ4v) is 3.07. The second kappa shape index (κ2) is 7.49. The summed E-state index contributed by atoms with van der Waals surface area (Å²) in [6, 6.07) is 3.43. The van der Waals surface area contributed by atoms with Gasteiger partial charge in [0.05, 0.1) is 0 Å². The lowest BCUT2D eigenvalue weighted by atomic mass is 10.2. The van der Waals surface area contributed by atoms with E-state index in [4.69, 9.17) is 5.11 Å². The number of halogens is 2. The van der Waals surface area contributed by atoms with Crippen LogP contribution in [0, 0.1) is 5.82 Å². The maximum atomic E-state index is 12.9. The molecule has 1 aromatic rings. The van der Waals surface area contributed by atoms with Crippen molar-refractivity contribution in [3.63, 3.8) is 0 Å². The topological polar surface area (TPSA) is 66.4 Å². The molecule has 1 rings (SSSR count). The number of thioether (sulfide) groups is 1. The highest BCUT2D eigenvalue weighted by Crippen LogP contribution is 2.23. The summed E-state index contributed by atoms with van der Waals surface area (Å²) in [4.78, 5) is 21.8. The van der Waals surface area contributed by atoms with E-state index in [9.17, 15) is 14.0 Å². The summed E-state index contributed by atoms with van der Waals surface area (Å²) in [5.74, 6) is -0.998. The third-order valence-electron chi connectivity index (χ3n) is 2.23. The van der Waals surface area contributed by atoms with Crippen molar-refractivity contribution in [3.05, 3.63) is 34.1 Å². The van der Waals surface area contributed by atoms with Crippen molar-refractivity contribution in [2.24, 2.45) is 0 Å². The maximum absolute atomic E-state index is 12.9. The first-order valence-corrected chi connectivity index (χ1v) is 7.36. The summed E-state index contributed by atoms with van der Waals surface area (Å²) >= 11 is 4.60. The first-order valence-electron chi connectivity index (χ1n) is 5.41. The van der Waals surface area contributed by atoms with Crippen molar-refractivity contribution in [1.82, 2.24) is 5.32 Å². The SMILES string of the molecule is CC(=O)NC(CSCc1ccc(F)cc1Br)C(=O)O. The van der Waals surface area contributed by atoms with Gasteiger partial charge in [-0.2, -0.15) is 11.8 Å². The first-order chi connectivity index (χ1) is 8.90. The zero-order chi connectivity index (χ0) is 14.4. The summed E-state index contributed by atoms with van der Waals surface area (Å²) < 4.78 is 13.5. The smallest absolute Gasteiger partial charge is 0.327 e. The quantitative estimate of drug-likeness (QED) is 0.827. The third kappa shape index (κ3) is 5.61. The number of carboxylic acid groups (broad SMARTS) is 1. The second-order valence-electron chi connectivity index (χ2n) is 3.84. The molecule has 0 aliphatic rings. The van der Waals surface area contributed by atoms with Crippen LogP contribution in [0.15, 0.2) is 22.7 Å². The molecule has 1 amide bonds. The van der Waals surface area contributed by atoms with Crippen molar-refractivity contribution in [2.45, 2.75) is 18.7 Å². The van der Waals surface area contributed by atoms with Gasteiger partial charge in [-0.25, -0.2) is 9.18 Å². The van der Waals surface area contributed by atoms with Crippen LogP contribution in [0.1, 0.15) is 12.5 Å². The Morgan fingerprint density at radius 3 is 2.74 bits per heavy atom. The fourth-order valence-electron chi connectivity index (χ4n) is 1.35. The molecule has 1 atom stereocenters. The molecule has 2 N–H and O–H groups in total. The minimum absolute atomic E-state index is 0.249. The normalized spacial score (nSPS) is 11.9. The van der Waals surface area contributed by atoms with Crippen LogP contribution in [0.4, 0.5) is 4.39 Å². The van der Waals surface area contributed by atoms with Gasteiger partial charge in [-0.15, -0.1) is 0 Å². The summed E-state index contributed by atoms with van der Waals surface area (Å²) in [5, 5.41) is 11.3. The zero-order valence-corrected chi connectivity index (χ0v) is 12.6. The molecule has 0 saturated carbocycles. The number of hydrogen-bond acceptors (Lipinski definition) is 3. The Labute approximate surface area is 122 Å². The third-order valence-corrected chi connectivity index (χ3v) is 4.06. The number of aliphatic carboxylic acids is 1. The molecule has 1 aromatic carbocycles. The molecule has 0 heterocycles. The Balaban J connectivity index is 2.52. The van der Waals surface area contributed by atoms with Crippen LogP contribution in [0.3, 0.4) is 0 Å². The Hall–Kier alpha value is -1.08. The first kappa shape index (κ1) is 16.0. The Kier molecular flexibility index (Phi) is 6.30. The van der Waals surface area contributed by atoms with E-state index in [2.05, 4.69) is 21.2 Å². The predicted octanol–water partition coefficient (Wildman–Crippen LogP) is 2.41. The van der Waals surface area contributed by atoms with E-state index < -0.39 is 12.0 Å². The van der Waals surface area contributed by atoms with Gasteiger partial charge in [-0.1, -0.05) is 22.0 Å². The summed E-state index contributed by atoms with van der Waals surface area (Å²) in [7, 11) is 0. The number of carbonyl (C=O) groups excluding carboxylic acids is 1. The Morgan fingerprint density at radius 2 is 2.21 bits per heavy atom. The van der Waals surface area contributed by atoms with Crippen molar-refractivity contribution < 1.29 is 19.1 Å². The van der Waals surface area contributed by atoms with Crippen LogP contribution in [-0.4, -0.2) is 28.8 Å². The molecular weight excluding hydrogens is 337 g/mol. The van der Waals surface area contributed by atoms with Crippen molar-refractivity contribution in [2.75, 3.05) is 5.75 Å². The van der Waals surface area contributed by atoms with Crippen LogP contribution in [-0.2, 0) is 15.3 Å². The standard InChI is InChI=1S/C12H13BrFNO3S/c1-7(16)15-11(12(17)18)6-19-5-8-2-3-9(14)4-10(8)13/h2-4,11H,5-6H2,1H3,(H,15,16)(H,17,18). The Morgan fingerprint density at radius 1 is 1.53 bits per heavy atom. The molecule has 4 nitrogen and oxygen atoms in total. The molecular formula is C12H13BrFNO3S. The van der Waals surface area contributed by atoms with E-state index in [1.165, 1.54) is 30.8 Å². The zero-order valence-electron chi connectivity index (χ0n) is 10.2. The largest absolute Gasteiger partial charge is 0.480 e.